The van der Waals surface area contributed by atoms with Gasteiger partial charge in [-0.1, -0.05) is 12.2 Å². The Morgan fingerprint density at radius 1 is 1.57 bits per heavy atom. The molecule has 0 saturated heterocycles. The van der Waals surface area contributed by atoms with Gasteiger partial charge in [-0.25, -0.2) is 0 Å². The maximum Gasteiger partial charge on any atom is 0.223 e. The predicted molar refractivity (Wildman–Crippen MR) is 52.6 cm³/mol. The minimum atomic E-state index is -0.849. The Labute approximate surface area is 83.6 Å². The van der Waals surface area contributed by atoms with E-state index in [4.69, 9.17) is 10.2 Å². The molecule has 0 heterocycles. The highest BCUT2D eigenvalue weighted by atomic mass is 16.3. The van der Waals surface area contributed by atoms with Crippen LogP contribution in [0.4, 0.5) is 0 Å². The van der Waals surface area contributed by atoms with E-state index in [1.54, 1.807) is 0 Å². The number of rotatable bonds is 4. The summed E-state index contributed by atoms with van der Waals surface area (Å²) < 4.78 is 0. The van der Waals surface area contributed by atoms with Crippen molar-refractivity contribution in [2.45, 2.75) is 25.4 Å². The van der Waals surface area contributed by atoms with Gasteiger partial charge in [-0.3, -0.25) is 4.79 Å². The molecular weight excluding hydrogens is 182 g/mol. The number of carbonyl (C=O) groups excluding carboxylic acids is 1. The van der Waals surface area contributed by atoms with E-state index < -0.39 is 6.10 Å². The van der Waals surface area contributed by atoms with Gasteiger partial charge in [0.2, 0.25) is 5.91 Å². The third kappa shape index (κ3) is 3.47. The van der Waals surface area contributed by atoms with Crippen molar-refractivity contribution in [2.24, 2.45) is 5.92 Å². The lowest BCUT2D eigenvalue weighted by molar-refractivity contribution is -0.125. The van der Waals surface area contributed by atoms with Crippen LogP contribution in [0.3, 0.4) is 0 Å². The number of aliphatic hydroxyl groups excluding tert-OH is 2. The topological polar surface area (TPSA) is 69.6 Å². The monoisotopic (exact) mass is 199 g/mol. The van der Waals surface area contributed by atoms with Crippen LogP contribution in [0.2, 0.25) is 0 Å². The van der Waals surface area contributed by atoms with E-state index in [-0.39, 0.29) is 25.0 Å². The van der Waals surface area contributed by atoms with E-state index in [9.17, 15) is 4.79 Å². The zero-order chi connectivity index (χ0) is 10.4. The van der Waals surface area contributed by atoms with Crippen LogP contribution >= 0.6 is 0 Å². The van der Waals surface area contributed by atoms with Crippen LogP contribution in [-0.4, -0.2) is 35.4 Å². The molecule has 0 aliphatic heterocycles. The second-order valence-corrected chi connectivity index (χ2v) is 3.56. The third-order valence-electron chi connectivity index (χ3n) is 2.36. The Hall–Kier alpha value is -0.870. The molecule has 0 aromatic carbocycles. The highest BCUT2D eigenvalue weighted by molar-refractivity contribution is 5.78. The van der Waals surface area contributed by atoms with Crippen molar-refractivity contribution in [3.05, 3.63) is 12.2 Å². The minimum absolute atomic E-state index is 0.0261. The number of amides is 1. The molecule has 0 radical (unpaired) electrons. The quantitative estimate of drug-likeness (QED) is 0.550. The fourth-order valence-electron chi connectivity index (χ4n) is 1.46. The Bertz CT molecular complexity index is 215. The molecule has 0 fully saturated rings. The van der Waals surface area contributed by atoms with Gasteiger partial charge in [-0.05, 0) is 19.3 Å². The highest BCUT2D eigenvalue weighted by Gasteiger charge is 2.18. The van der Waals surface area contributed by atoms with Crippen LogP contribution in [0.15, 0.2) is 12.2 Å². The molecule has 1 aliphatic carbocycles. The zero-order valence-corrected chi connectivity index (χ0v) is 8.15. The fraction of sp³-hybridized carbons (Fsp3) is 0.700. The lowest BCUT2D eigenvalue weighted by Gasteiger charge is -2.18. The van der Waals surface area contributed by atoms with Crippen LogP contribution in [-0.2, 0) is 4.79 Å². The number of hydrogen-bond donors (Lipinski definition) is 3. The van der Waals surface area contributed by atoms with Crippen molar-refractivity contribution in [1.29, 1.82) is 0 Å². The standard InChI is InChI=1S/C10H17NO3/c12-7-9(13)6-11-10(14)8-4-2-1-3-5-8/h1-2,8-9,12-13H,3-7H2,(H,11,14). The van der Waals surface area contributed by atoms with Crippen LogP contribution < -0.4 is 5.32 Å². The number of hydrogen-bond acceptors (Lipinski definition) is 3. The predicted octanol–water partition coefficient (Wildman–Crippen LogP) is -0.188. The summed E-state index contributed by atoms with van der Waals surface area (Å²) in [6.07, 6.45) is 5.83. The first-order chi connectivity index (χ1) is 6.74. The maximum absolute atomic E-state index is 11.5. The molecule has 1 rings (SSSR count). The molecule has 4 nitrogen and oxygen atoms in total. The molecule has 14 heavy (non-hydrogen) atoms. The van der Waals surface area contributed by atoms with Gasteiger partial charge in [-0.15, -0.1) is 0 Å². The molecule has 1 aliphatic rings. The van der Waals surface area contributed by atoms with Crippen LogP contribution in [0, 0.1) is 5.92 Å². The third-order valence-corrected chi connectivity index (χ3v) is 2.36. The van der Waals surface area contributed by atoms with Crippen molar-refractivity contribution >= 4 is 5.91 Å². The van der Waals surface area contributed by atoms with Crippen molar-refractivity contribution in [3.63, 3.8) is 0 Å². The van der Waals surface area contributed by atoms with Crippen LogP contribution in [0.5, 0.6) is 0 Å². The SMILES string of the molecule is O=C(NCC(O)CO)C1CC=CCC1. The smallest absolute Gasteiger partial charge is 0.223 e. The molecule has 2 unspecified atom stereocenters. The molecular formula is C10H17NO3. The summed E-state index contributed by atoms with van der Waals surface area (Å²) in [6.45, 7) is -0.180. The Morgan fingerprint density at radius 2 is 2.36 bits per heavy atom. The van der Waals surface area contributed by atoms with E-state index in [0.717, 1.165) is 19.3 Å². The summed E-state index contributed by atoms with van der Waals surface area (Å²) >= 11 is 0. The molecule has 80 valence electrons. The summed E-state index contributed by atoms with van der Waals surface area (Å²) in [5.41, 5.74) is 0. The van der Waals surface area contributed by atoms with Crippen LogP contribution in [0.1, 0.15) is 19.3 Å². The number of aliphatic hydroxyl groups is 2. The van der Waals surface area contributed by atoms with Crippen molar-refractivity contribution < 1.29 is 15.0 Å². The normalized spacial score (nSPS) is 23.1. The van der Waals surface area contributed by atoms with Crippen molar-refractivity contribution in [1.82, 2.24) is 5.32 Å². The number of allylic oxidation sites excluding steroid dienone is 2. The largest absolute Gasteiger partial charge is 0.394 e. The van der Waals surface area contributed by atoms with Gasteiger partial charge in [0.25, 0.3) is 0 Å². The highest BCUT2D eigenvalue weighted by Crippen LogP contribution is 2.17. The lowest BCUT2D eigenvalue weighted by atomic mass is 9.94. The second kappa shape index (κ2) is 5.78. The second-order valence-electron chi connectivity index (χ2n) is 3.56. The zero-order valence-electron chi connectivity index (χ0n) is 8.15. The molecule has 0 spiro atoms. The molecule has 0 aromatic heterocycles. The van der Waals surface area contributed by atoms with Gasteiger partial charge in [0, 0.05) is 12.5 Å². The average molecular weight is 199 g/mol. The summed E-state index contributed by atoms with van der Waals surface area (Å²) in [7, 11) is 0. The number of carbonyl (C=O) groups is 1. The summed E-state index contributed by atoms with van der Waals surface area (Å²) in [5, 5.41) is 20.2. The number of nitrogens with one attached hydrogen (secondary N) is 1. The maximum atomic E-state index is 11.5. The van der Waals surface area contributed by atoms with Gasteiger partial charge < -0.3 is 15.5 Å². The minimum Gasteiger partial charge on any atom is -0.394 e. The van der Waals surface area contributed by atoms with Gasteiger partial charge in [-0.2, -0.15) is 0 Å². The van der Waals surface area contributed by atoms with Crippen molar-refractivity contribution in [2.75, 3.05) is 13.2 Å². The average Bonchev–Trinajstić information content (AvgIpc) is 2.26. The lowest BCUT2D eigenvalue weighted by Crippen LogP contribution is -2.37. The molecule has 1 amide bonds. The van der Waals surface area contributed by atoms with E-state index in [2.05, 4.69) is 11.4 Å². The summed E-state index contributed by atoms with van der Waals surface area (Å²) in [5.74, 6) is 0.00717. The summed E-state index contributed by atoms with van der Waals surface area (Å²) in [6, 6.07) is 0. The van der Waals surface area contributed by atoms with Gasteiger partial charge in [0.15, 0.2) is 0 Å². The summed E-state index contributed by atoms with van der Waals surface area (Å²) in [4.78, 5) is 11.5. The van der Waals surface area contributed by atoms with Gasteiger partial charge in [0.05, 0.1) is 12.7 Å². The molecule has 4 heteroatoms. The first-order valence-electron chi connectivity index (χ1n) is 4.95. The van der Waals surface area contributed by atoms with Crippen LogP contribution in [0.25, 0.3) is 0 Å². The van der Waals surface area contributed by atoms with Crippen molar-refractivity contribution in [3.8, 4) is 0 Å². The first-order valence-corrected chi connectivity index (χ1v) is 4.95. The molecule has 0 saturated carbocycles. The van der Waals surface area contributed by atoms with Gasteiger partial charge >= 0.3 is 0 Å². The van der Waals surface area contributed by atoms with E-state index >= 15 is 0 Å². The van der Waals surface area contributed by atoms with E-state index in [0.29, 0.717) is 0 Å². The van der Waals surface area contributed by atoms with E-state index in [1.165, 1.54) is 0 Å². The first kappa shape index (κ1) is 11.2. The Balaban J connectivity index is 2.24. The fourth-order valence-corrected chi connectivity index (χ4v) is 1.46. The molecule has 3 N–H and O–H groups in total. The Kier molecular flexibility index (Phi) is 4.62. The molecule has 0 aromatic rings. The molecule has 0 bridgehead atoms. The molecule has 2 atom stereocenters. The van der Waals surface area contributed by atoms with E-state index in [1.807, 2.05) is 6.08 Å². The Morgan fingerprint density at radius 3 is 2.93 bits per heavy atom. The van der Waals surface area contributed by atoms with Gasteiger partial charge in [0.1, 0.15) is 0 Å².